The second-order valence-corrected chi connectivity index (χ2v) is 3.64. The summed E-state index contributed by atoms with van der Waals surface area (Å²) in [4.78, 5) is 29.5. The van der Waals surface area contributed by atoms with E-state index in [9.17, 15) is 9.59 Å². The molecule has 0 amide bonds. The Morgan fingerprint density at radius 1 is 1.81 bits per heavy atom. The molecular weight excluding hydrogens is 234 g/mol. The van der Waals surface area contributed by atoms with Crippen molar-refractivity contribution in [2.45, 2.75) is 13.0 Å². The van der Waals surface area contributed by atoms with Crippen LogP contribution in [-0.4, -0.2) is 34.2 Å². The fourth-order valence-electron chi connectivity index (χ4n) is 0.715. The molecule has 1 aromatic heterocycles. The maximum atomic E-state index is 10.7. The largest absolute Gasteiger partial charge is 0.478 e. The molecule has 16 heavy (non-hydrogen) atoms. The van der Waals surface area contributed by atoms with Crippen molar-refractivity contribution in [2.75, 3.05) is 5.73 Å². The predicted molar refractivity (Wildman–Crippen MR) is 57.3 cm³/mol. The lowest BCUT2D eigenvalue weighted by Gasteiger charge is -2.03. The van der Waals surface area contributed by atoms with Crippen LogP contribution in [0.15, 0.2) is 10.5 Å². The number of aromatic nitrogens is 1. The number of thiazole rings is 1. The molecule has 0 fully saturated rings. The number of oxime groups is 1. The fourth-order valence-corrected chi connectivity index (χ4v) is 1.27. The maximum Gasteiger partial charge on any atom is 0.347 e. The highest BCUT2D eigenvalue weighted by atomic mass is 32.1. The van der Waals surface area contributed by atoms with E-state index in [-0.39, 0.29) is 16.5 Å². The summed E-state index contributed by atoms with van der Waals surface area (Å²) in [6, 6.07) is 0. The van der Waals surface area contributed by atoms with Crippen LogP contribution >= 0.6 is 11.3 Å². The SMILES string of the molecule is CC(O/N=C(/C=O)c1csc(N)n1)C(=O)O. The van der Waals surface area contributed by atoms with Gasteiger partial charge in [-0.2, -0.15) is 0 Å². The fraction of sp³-hybridized carbons (Fsp3) is 0.250. The summed E-state index contributed by atoms with van der Waals surface area (Å²) < 4.78 is 0. The van der Waals surface area contributed by atoms with Crippen LogP contribution in [0.2, 0.25) is 0 Å². The van der Waals surface area contributed by atoms with Gasteiger partial charge in [-0.15, -0.1) is 11.3 Å². The third-order valence-electron chi connectivity index (χ3n) is 1.55. The average molecular weight is 243 g/mol. The first-order valence-electron chi connectivity index (χ1n) is 4.17. The first-order valence-corrected chi connectivity index (χ1v) is 5.05. The van der Waals surface area contributed by atoms with Gasteiger partial charge in [0.05, 0.1) is 0 Å². The van der Waals surface area contributed by atoms with Crippen LogP contribution in [0.4, 0.5) is 5.13 Å². The summed E-state index contributed by atoms with van der Waals surface area (Å²) in [5.74, 6) is -1.17. The number of hydrogen-bond donors (Lipinski definition) is 2. The van der Waals surface area contributed by atoms with Crippen LogP contribution in [0.1, 0.15) is 12.6 Å². The number of carbonyl (C=O) groups excluding carboxylic acids is 1. The third-order valence-corrected chi connectivity index (χ3v) is 2.23. The summed E-state index contributed by atoms with van der Waals surface area (Å²) in [6.07, 6.45) is -0.714. The Balaban J connectivity index is 2.79. The van der Waals surface area contributed by atoms with Crippen molar-refractivity contribution >= 4 is 34.4 Å². The van der Waals surface area contributed by atoms with Crippen LogP contribution in [-0.2, 0) is 14.4 Å². The summed E-state index contributed by atoms with van der Waals surface area (Å²) in [5, 5.41) is 13.7. The van der Waals surface area contributed by atoms with Gasteiger partial charge in [-0.3, -0.25) is 4.79 Å². The van der Waals surface area contributed by atoms with Crippen LogP contribution in [0, 0.1) is 0 Å². The minimum Gasteiger partial charge on any atom is -0.478 e. The number of hydrogen-bond acceptors (Lipinski definition) is 7. The molecule has 0 aliphatic carbocycles. The van der Waals surface area contributed by atoms with Gasteiger partial charge in [-0.05, 0) is 6.92 Å². The Morgan fingerprint density at radius 3 is 2.94 bits per heavy atom. The summed E-state index contributed by atoms with van der Waals surface area (Å²) in [5.41, 5.74) is 5.54. The Hall–Kier alpha value is -1.96. The van der Waals surface area contributed by atoms with Crippen molar-refractivity contribution in [3.8, 4) is 0 Å². The molecule has 3 N–H and O–H groups in total. The minimum atomic E-state index is -1.17. The van der Waals surface area contributed by atoms with Crippen LogP contribution in [0.3, 0.4) is 0 Å². The standard InChI is InChI=1S/C8H9N3O4S/c1-4(7(13)14)15-11-5(2-12)6-3-16-8(9)10-6/h2-4H,1H3,(H2,9,10)(H,13,14)/b11-5-. The van der Waals surface area contributed by atoms with E-state index < -0.39 is 12.1 Å². The summed E-state index contributed by atoms with van der Waals surface area (Å²) >= 11 is 1.14. The van der Waals surface area contributed by atoms with E-state index in [2.05, 4.69) is 15.0 Å². The third kappa shape index (κ3) is 3.02. The number of carboxylic acid groups (broad SMARTS) is 1. The topological polar surface area (TPSA) is 115 Å². The molecule has 0 saturated heterocycles. The van der Waals surface area contributed by atoms with Crippen LogP contribution < -0.4 is 5.73 Å². The van der Waals surface area contributed by atoms with Gasteiger partial charge in [0.15, 0.2) is 17.1 Å². The molecule has 0 aliphatic rings. The Labute approximate surface area is 94.5 Å². The number of rotatable bonds is 5. The summed E-state index contributed by atoms with van der Waals surface area (Å²) in [7, 11) is 0. The number of anilines is 1. The maximum absolute atomic E-state index is 10.7. The highest BCUT2D eigenvalue weighted by Gasteiger charge is 2.13. The quantitative estimate of drug-likeness (QED) is 0.431. The lowest BCUT2D eigenvalue weighted by molar-refractivity contribution is -0.149. The number of nitrogen functional groups attached to an aromatic ring is 1. The Morgan fingerprint density at radius 2 is 2.50 bits per heavy atom. The van der Waals surface area contributed by atoms with Crippen molar-refractivity contribution in [2.24, 2.45) is 5.16 Å². The molecule has 0 spiro atoms. The smallest absolute Gasteiger partial charge is 0.347 e. The monoisotopic (exact) mass is 243 g/mol. The number of aliphatic carboxylic acids is 1. The van der Waals surface area contributed by atoms with Crippen molar-refractivity contribution in [1.29, 1.82) is 0 Å². The number of nitrogens with zero attached hydrogens (tertiary/aromatic N) is 2. The van der Waals surface area contributed by atoms with E-state index in [4.69, 9.17) is 10.8 Å². The molecule has 8 heteroatoms. The molecule has 0 saturated carbocycles. The van der Waals surface area contributed by atoms with E-state index in [1.54, 1.807) is 0 Å². The van der Waals surface area contributed by atoms with Gasteiger partial charge in [0.2, 0.25) is 6.10 Å². The molecule has 1 aromatic rings. The molecule has 86 valence electrons. The molecule has 0 radical (unpaired) electrons. The second-order valence-electron chi connectivity index (χ2n) is 2.75. The molecule has 1 rings (SSSR count). The molecular formula is C8H9N3O4S. The zero-order valence-electron chi connectivity index (χ0n) is 8.28. The van der Waals surface area contributed by atoms with Crippen LogP contribution in [0.5, 0.6) is 0 Å². The van der Waals surface area contributed by atoms with Crippen molar-refractivity contribution in [3.05, 3.63) is 11.1 Å². The number of aldehydes is 1. The van der Waals surface area contributed by atoms with Gasteiger partial charge in [-0.25, -0.2) is 9.78 Å². The van der Waals surface area contributed by atoms with Gasteiger partial charge in [0.25, 0.3) is 0 Å². The molecule has 0 aliphatic heterocycles. The number of carboxylic acids is 1. The highest BCUT2D eigenvalue weighted by Crippen LogP contribution is 2.11. The summed E-state index contributed by atoms with van der Waals surface area (Å²) in [6.45, 7) is 1.30. The van der Waals surface area contributed by atoms with Crippen molar-refractivity contribution in [3.63, 3.8) is 0 Å². The molecule has 0 bridgehead atoms. The average Bonchev–Trinajstić information content (AvgIpc) is 2.65. The van der Waals surface area contributed by atoms with E-state index in [1.165, 1.54) is 12.3 Å². The van der Waals surface area contributed by atoms with Crippen molar-refractivity contribution < 1.29 is 19.5 Å². The zero-order chi connectivity index (χ0) is 12.1. The normalized spacial score (nSPS) is 13.2. The van der Waals surface area contributed by atoms with Gasteiger partial charge < -0.3 is 15.7 Å². The lowest BCUT2D eigenvalue weighted by Crippen LogP contribution is -2.18. The van der Waals surface area contributed by atoms with Crippen LogP contribution in [0.25, 0.3) is 0 Å². The first kappa shape index (κ1) is 12.1. The molecule has 1 atom stereocenters. The molecule has 0 aromatic carbocycles. The first-order chi connectivity index (χ1) is 7.54. The molecule has 1 heterocycles. The highest BCUT2D eigenvalue weighted by molar-refractivity contribution is 7.13. The zero-order valence-corrected chi connectivity index (χ0v) is 9.10. The Kier molecular flexibility index (Phi) is 3.95. The Bertz CT molecular complexity index is 429. The number of nitrogens with two attached hydrogens (primary N) is 1. The lowest BCUT2D eigenvalue weighted by atomic mass is 10.3. The van der Waals surface area contributed by atoms with E-state index in [0.717, 1.165) is 11.3 Å². The van der Waals surface area contributed by atoms with E-state index in [1.807, 2.05) is 0 Å². The molecule has 7 nitrogen and oxygen atoms in total. The van der Waals surface area contributed by atoms with Crippen molar-refractivity contribution in [1.82, 2.24) is 4.98 Å². The van der Waals surface area contributed by atoms with E-state index in [0.29, 0.717) is 6.29 Å². The van der Waals surface area contributed by atoms with Gasteiger partial charge in [0.1, 0.15) is 5.69 Å². The van der Waals surface area contributed by atoms with Gasteiger partial charge in [-0.1, -0.05) is 5.16 Å². The molecule has 1 unspecified atom stereocenters. The van der Waals surface area contributed by atoms with Gasteiger partial charge in [0, 0.05) is 5.38 Å². The predicted octanol–water partition coefficient (Wildman–Crippen LogP) is 0.118. The van der Waals surface area contributed by atoms with Gasteiger partial charge >= 0.3 is 5.97 Å². The minimum absolute atomic E-state index is 0.0962. The second kappa shape index (κ2) is 5.21. The van der Waals surface area contributed by atoms with E-state index >= 15 is 0 Å². The number of carbonyl (C=O) groups is 2.